The Kier molecular flexibility index (Phi) is 4.91. The number of nitrogens with one attached hydrogen (secondary N) is 1. The molecule has 2 aromatic rings. The van der Waals surface area contributed by atoms with Crippen LogP contribution in [0.2, 0.25) is 0 Å². The summed E-state index contributed by atoms with van der Waals surface area (Å²) in [7, 11) is 0. The van der Waals surface area contributed by atoms with Crippen LogP contribution in [0.5, 0.6) is 0 Å². The molecule has 2 aliphatic rings. The molecule has 27 heavy (non-hydrogen) atoms. The summed E-state index contributed by atoms with van der Waals surface area (Å²) in [6.07, 6.45) is 1.47. The molecule has 3 heterocycles. The maximum Gasteiger partial charge on any atom is 0.255 e. The van der Waals surface area contributed by atoms with Crippen molar-refractivity contribution >= 4 is 22.7 Å². The van der Waals surface area contributed by atoms with Crippen molar-refractivity contribution < 1.29 is 14.3 Å². The van der Waals surface area contributed by atoms with Gasteiger partial charge in [0, 0.05) is 43.2 Å². The van der Waals surface area contributed by atoms with E-state index in [2.05, 4.69) is 18.0 Å². The number of ether oxygens (including phenoxy) is 1. The van der Waals surface area contributed by atoms with Gasteiger partial charge in [0.1, 0.15) is 0 Å². The van der Waals surface area contributed by atoms with Crippen LogP contribution in [-0.2, 0) is 9.53 Å². The van der Waals surface area contributed by atoms with Crippen LogP contribution in [0.25, 0.3) is 10.9 Å². The number of H-pyrrole nitrogens is 1. The first-order valence-electron chi connectivity index (χ1n) is 9.80. The fraction of sp³-hybridized carbons (Fsp3) is 0.524. The van der Waals surface area contributed by atoms with Gasteiger partial charge in [-0.1, -0.05) is 12.1 Å². The molecule has 2 amide bonds. The maximum atomic E-state index is 13.1. The number of aryl methyl sites for hydroxylation is 2. The molecule has 2 aliphatic heterocycles. The van der Waals surface area contributed by atoms with E-state index >= 15 is 0 Å². The highest BCUT2D eigenvalue weighted by Crippen LogP contribution is 2.27. The Morgan fingerprint density at radius 1 is 1.04 bits per heavy atom. The molecule has 1 N–H and O–H groups in total. The number of amides is 2. The first-order valence-corrected chi connectivity index (χ1v) is 9.80. The van der Waals surface area contributed by atoms with Crippen molar-refractivity contribution in [2.75, 3.05) is 39.4 Å². The molecule has 0 unspecified atom stereocenters. The van der Waals surface area contributed by atoms with Gasteiger partial charge in [-0.3, -0.25) is 9.59 Å². The fourth-order valence-corrected chi connectivity index (χ4v) is 4.20. The van der Waals surface area contributed by atoms with E-state index in [0.717, 1.165) is 35.0 Å². The van der Waals surface area contributed by atoms with Crippen LogP contribution in [0.3, 0.4) is 0 Å². The second-order valence-corrected chi connectivity index (χ2v) is 7.61. The summed E-state index contributed by atoms with van der Waals surface area (Å²) in [5.74, 6) is 0.306. The first kappa shape index (κ1) is 18.0. The number of fused-ring (bicyclic) bond motifs is 1. The van der Waals surface area contributed by atoms with Gasteiger partial charge in [-0.15, -0.1) is 0 Å². The molecule has 0 saturated carbocycles. The van der Waals surface area contributed by atoms with Gasteiger partial charge in [-0.05, 0) is 38.3 Å². The average molecular weight is 369 g/mol. The summed E-state index contributed by atoms with van der Waals surface area (Å²) in [5, 5.41) is 1.11. The van der Waals surface area contributed by atoms with Crippen LogP contribution in [0.4, 0.5) is 0 Å². The molecule has 0 atom stereocenters. The minimum atomic E-state index is 0.0259. The monoisotopic (exact) mass is 369 g/mol. The molecule has 2 fully saturated rings. The number of aromatic nitrogens is 1. The number of morpholine rings is 1. The van der Waals surface area contributed by atoms with Crippen LogP contribution in [0.15, 0.2) is 18.2 Å². The standard InChI is InChI=1S/C21H27N3O3/c1-14-15(2)22-19-17(14)4-3-5-18(19)21(26)23-8-6-16(7-9-23)20(25)24-10-12-27-13-11-24/h3-5,16,22H,6-13H2,1-2H3. The van der Waals surface area contributed by atoms with E-state index in [-0.39, 0.29) is 17.7 Å². The quantitative estimate of drug-likeness (QED) is 0.885. The Morgan fingerprint density at radius 2 is 1.74 bits per heavy atom. The molecule has 1 aromatic carbocycles. The lowest BCUT2D eigenvalue weighted by molar-refractivity contribution is -0.141. The number of hydrogen-bond acceptors (Lipinski definition) is 3. The average Bonchev–Trinajstić information content (AvgIpc) is 3.02. The summed E-state index contributed by atoms with van der Waals surface area (Å²) < 4.78 is 5.33. The summed E-state index contributed by atoms with van der Waals surface area (Å²) >= 11 is 0. The molecular formula is C21H27N3O3. The number of piperidine rings is 1. The Morgan fingerprint density at radius 3 is 2.44 bits per heavy atom. The predicted octanol–water partition coefficient (Wildman–Crippen LogP) is 2.50. The SMILES string of the molecule is Cc1[nH]c2c(C(=O)N3CCC(C(=O)N4CCOCC4)CC3)cccc2c1C. The second kappa shape index (κ2) is 7.35. The highest BCUT2D eigenvalue weighted by atomic mass is 16.5. The van der Waals surface area contributed by atoms with Gasteiger partial charge >= 0.3 is 0 Å². The van der Waals surface area contributed by atoms with Crippen molar-refractivity contribution in [1.29, 1.82) is 0 Å². The summed E-state index contributed by atoms with van der Waals surface area (Å²) in [4.78, 5) is 33.0. The molecule has 144 valence electrons. The van der Waals surface area contributed by atoms with Gasteiger partial charge in [-0.25, -0.2) is 0 Å². The van der Waals surface area contributed by atoms with E-state index < -0.39 is 0 Å². The summed E-state index contributed by atoms with van der Waals surface area (Å²) in [5.41, 5.74) is 3.93. The van der Waals surface area contributed by atoms with Crippen LogP contribution < -0.4 is 0 Å². The molecular weight excluding hydrogens is 342 g/mol. The van der Waals surface area contributed by atoms with Crippen molar-refractivity contribution in [3.8, 4) is 0 Å². The third kappa shape index (κ3) is 3.34. The maximum absolute atomic E-state index is 13.1. The Hall–Kier alpha value is -2.34. The lowest BCUT2D eigenvalue weighted by atomic mass is 9.94. The highest BCUT2D eigenvalue weighted by molar-refractivity contribution is 6.06. The van der Waals surface area contributed by atoms with Crippen LogP contribution >= 0.6 is 0 Å². The number of rotatable bonds is 2. The number of aromatic amines is 1. The lowest BCUT2D eigenvalue weighted by Gasteiger charge is -2.35. The molecule has 0 radical (unpaired) electrons. The van der Waals surface area contributed by atoms with Crippen molar-refractivity contribution in [2.24, 2.45) is 5.92 Å². The van der Waals surface area contributed by atoms with E-state index in [1.807, 2.05) is 28.9 Å². The summed E-state index contributed by atoms with van der Waals surface area (Å²) in [6, 6.07) is 5.90. The smallest absolute Gasteiger partial charge is 0.255 e. The van der Waals surface area contributed by atoms with Crippen molar-refractivity contribution in [3.63, 3.8) is 0 Å². The number of likely N-dealkylation sites (tertiary alicyclic amines) is 1. The fourth-order valence-electron chi connectivity index (χ4n) is 4.20. The Bertz CT molecular complexity index is 859. The van der Waals surface area contributed by atoms with Crippen molar-refractivity contribution in [1.82, 2.24) is 14.8 Å². The second-order valence-electron chi connectivity index (χ2n) is 7.61. The predicted molar refractivity (Wildman–Crippen MR) is 104 cm³/mol. The van der Waals surface area contributed by atoms with Gasteiger partial charge in [0.2, 0.25) is 5.91 Å². The first-order chi connectivity index (χ1) is 13.1. The van der Waals surface area contributed by atoms with Crippen LogP contribution in [-0.4, -0.2) is 66.0 Å². The summed E-state index contributed by atoms with van der Waals surface area (Å²) in [6.45, 7) is 8.00. The molecule has 1 aromatic heterocycles. The minimum Gasteiger partial charge on any atom is -0.378 e. The zero-order valence-corrected chi connectivity index (χ0v) is 16.1. The van der Waals surface area contributed by atoms with Gasteiger partial charge in [0.25, 0.3) is 5.91 Å². The largest absolute Gasteiger partial charge is 0.378 e. The van der Waals surface area contributed by atoms with E-state index in [9.17, 15) is 9.59 Å². The highest BCUT2D eigenvalue weighted by Gasteiger charge is 2.31. The topological polar surface area (TPSA) is 65.6 Å². The Labute approximate surface area is 159 Å². The normalized spacial score (nSPS) is 18.9. The van der Waals surface area contributed by atoms with Gasteiger partial charge in [-0.2, -0.15) is 0 Å². The molecule has 0 bridgehead atoms. The molecule has 6 nitrogen and oxygen atoms in total. The van der Waals surface area contributed by atoms with Crippen LogP contribution in [0.1, 0.15) is 34.5 Å². The number of hydrogen-bond donors (Lipinski definition) is 1. The van der Waals surface area contributed by atoms with E-state index in [1.165, 1.54) is 5.56 Å². The number of carbonyl (C=O) groups excluding carboxylic acids is 2. The molecule has 4 rings (SSSR count). The Balaban J connectivity index is 1.45. The minimum absolute atomic E-state index is 0.0259. The molecule has 2 saturated heterocycles. The zero-order valence-electron chi connectivity index (χ0n) is 16.1. The van der Waals surface area contributed by atoms with Crippen LogP contribution in [0, 0.1) is 19.8 Å². The zero-order chi connectivity index (χ0) is 19.0. The van der Waals surface area contributed by atoms with E-state index in [1.54, 1.807) is 0 Å². The lowest BCUT2D eigenvalue weighted by Crippen LogP contribution is -2.47. The van der Waals surface area contributed by atoms with Crippen molar-refractivity contribution in [3.05, 3.63) is 35.0 Å². The van der Waals surface area contributed by atoms with E-state index in [4.69, 9.17) is 4.74 Å². The van der Waals surface area contributed by atoms with Crippen molar-refractivity contribution in [2.45, 2.75) is 26.7 Å². The number of para-hydroxylation sites is 1. The molecule has 0 spiro atoms. The third-order valence-corrected chi connectivity index (χ3v) is 6.03. The van der Waals surface area contributed by atoms with Gasteiger partial charge in [0.05, 0.1) is 24.3 Å². The number of carbonyl (C=O) groups is 2. The van der Waals surface area contributed by atoms with Gasteiger partial charge in [0.15, 0.2) is 0 Å². The number of benzene rings is 1. The molecule has 0 aliphatic carbocycles. The third-order valence-electron chi connectivity index (χ3n) is 6.03. The number of nitrogens with zero attached hydrogens (tertiary/aromatic N) is 2. The van der Waals surface area contributed by atoms with E-state index in [0.29, 0.717) is 39.4 Å². The van der Waals surface area contributed by atoms with Gasteiger partial charge < -0.3 is 19.5 Å². The molecule has 6 heteroatoms.